The molecule has 104 valence electrons. The van der Waals surface area contributed by atoms with Gasteiger partial charge in [0.25, 0.3) is 0 Å². The van der Waals surface area contributed by atoms with Crippen molar-refractivity contribution in [2.45, 2.75) is 0 Å². The molecule has 0 bridgehead atoms. The molecule has 1 N–H and O–H groups in total. The number of methoxy groups -OCH3 is 2. The normalized spacial score (nSPS) is 10.2. The zero-order chi connectivity index (χ0) is 14.7. The van der Waals surface area contributed by atoms with E-state index in [0.29, 0.717) is 16.9 Å². The Morgan fingerprint density at radius 3 is 2.45 bits per heavy atom. The van der Waals surface area contributed by atoms with E-state index in [0.717, 1.165) is 6.07 Å². The van der Waals surface area contributed by atoms with Gasteiger partial charge >= 0.3 is 5.97 Å². The molecule has 0 aliphatic rings. The molecule has 2 rings (SSSR count). The summed E-state index contributed by atoms with van der Waals surface area (Å²) < 4.78 is 23.1. The molecule has 0 aliphatic carbocycles. The summed E-state index contributed by atoms with van der Waals surface area (Å²) in [5.74, 6) is -0.922. The van der Waals surface area contributed by atoms with Crippen LogP contribution < -0.4 is 4.74 Å². The van der Waals surface area contributed by atoms with Crippen molar-refractivity contribution in [3.05, 3.63) is 47.8 Å². The first-order valence-corrected chi connectivity index (χ1v) is 5.81. The molecule has 0 saturated carbocycles. The number of phenols is 1. The first kappa shape index (κ1) is 13.9. The standard InChI is InChI=1S/C15H13FO4/c1-19-14-4-3-9(8-13(14)17)10-5-11(15(18)20-2)7-12(16)6-10/h3-8,17H,1-2H3. The van der Waals surface area contributed by atoms with Crippen molar-refractivity contribution in [2.75, 3.05) is 14.2 Å². The van der Waals surface area contributed by atoms with Crippen LogP contribution in [-0.2, 0) is 4.74 Å². The van der Waals surface area contributed by atoms with Gasteiger partial charge in [0.2, 0.25) is 0 Å². The summed E-state index contributed by atoms with van der Waals surface area (Å²) in [5, 5.41) is 9.74. The molecule has 4 nitrogen and oxygen atoms in total. The number of halogens is 1. The maximum atomic E-state index is 13.6. The zero-order valence-electron chi connectivity index (χ0n) is 11.0. The van der Waals surface area contributed by atoms with E-state index >= 15 is 0 Å². The third-order valence-corrected chi connectivity index (χ3v) is 2.83. The summed E-state index contributed by atoms with van der Waals surface area (Å²) >= 11 is 0. The fourth-order valence-electron chi connectivity index (χ4n) is 1.86. The van der Waals surface area contributed by atoms with Crippen LogP contribution in [0.1, 0.15) is 10.4 Å². The number of carbonyl (C=O) groups excluding carboxylic acids is 1. The molecule has 0 amide bonds. The van der Waals surface area contributed by atoms with E-state index in [1.54, 1.807) is 12.1 Å². The minimum atomic E-state index is -0.622. The number of hydrogen-bond donors (Lipinski definition) is 1. The van der Waals surface area contributed by atoms with Gasteiger partial charge in [-0.1, -0.05) is 6.07 Å². The van der Waals surface area contributed by atoms with Gasteiger partial charge in [-0.25, -0.2) is 9.18 Å². The number of hydrogen-bond acceptors (Lipinski definition) is 4. The Balaban J connectivity index is 2.49. The van der Waals surface area contributed by atoms with Crippen molar-refractivity contribution in [1.82, 2.24) is 0 Å². The number of aromatic hydroxyl groups is 1. The van der Waals surface area contributed by atoms with E-state index in [2.05, 4.69) is 4.74 Å². The monoisotopic (exact) mass is 276 g/mol. The van der Waals surface area contributed by atoms with E-state index < -0.39 is 11.8 Å². The van der Waals surface area contributed by atoms with Crippen molar-refractivity contribution in [1.29, 1.82) is 0 Å². The van der Waals surface area contributed by atoms with Gasteiger partial charge in [0.05, 0.1) is 19.8 Å². The lowest BCUT2D eigenvalue weighted by molar-refractivity contribution is 0.0600. The van der Waals surface area contributed by atoms with Crippen molar-refractivity contribution in [2.24, 2.45) is 0 Å². The molecule has 0 fully saturated rings. The first-order chi connectivity index (χ1) is 9.55. The molecule has 0 radical (unpaired) electrons. The summed E-state index contributed by atoms with van der Waals surface area (Å²) in [6.07, 6.45) is 0. The summed E-state index contributed by atoms with van der Waals surface area (Å²) in [4.78, 5) is 11.5. The topological polar surface area (TPSA) is 55.8 Å². The van der Waals surface area contributed by atoms with E-state index in [-0.39, 0.29) is 11.3 Å². The van der Waals surface area contributed by atoms with Crippen LogP contribution in [0.4, 0.5) is 4.39 Å². The summed E-state index contributed by atoms with van der Waals surface area (Å²) in [6, 6.07) is 8.53. The highest BCUT2D eigenvalue weighted by Crippen LogP contribution is 2.32. The van der Waals surface area contributed by atoms with Crippen molar-refractivity contribution < 1.29 is 23.8 Å². The lowest BCUT2D eigenvalue weighted by atomic mass is 10.0. The van der Waals surface area contributed by atoms with Crippen molar-refractivity contribution in [3.8, 4) is 22.6 Å². The minimum Gasteiger partial charge on any atom is -0.504 e. The highest BCUT2D eigenvalue weighted by molar-refractivity contribution is 5.91. The molecular formula is C15H13FO4. The molecule has 0 aliphatic heterocycles. The summed E-state index contributed by atoms with van der Waals surface area (Å²) in [6.45, 7) is 0. The number of phenolic OH excluding ortho intramolecular Hbond substituents is 1. The number of ether oxygens (including phenoxy) is 2. The molecule has 0 aromatic heterocycles. The third kappa shape index (κ3) is 2.71. The average Bonchev–Trinajstić information content (AvgIpc) is 2.45. The van der Waals surface area contributed by atoms with E-state index in [1.807, 2.05) is 0 Å². The van der Waals surface area contributed by atoms with E-state index in [9.17, 15) is 14.3 Å². The Bertz CT molecular complexity index is 652. The number of esters is 1. The van der Waals surface area contributed by atoms with Gasteiger partial charge in [-0.2, -0.15) is 0 Å². The second-order valence-corrected chi connectivity index (χ2v) is 4.11. The van der Waals surface area contributed by atoms with Gasteiger partial charge in [-0.15, -0.1) is 0 Å². The van der Waals surface area contributed by atoms with Crippen LogP contribution in [-0.4, -0.2) is 25.3 Å². The Morgan fingerprint density at radius 2 is 1.85 bits per heavy atom. The van der Waals surface area contributed by atoms with Gasteiger partial charge in [-0.3, -0.25) is 0 Å². The molecule has 20 heavy (non-hydrogen) atoms. The highest BCUT2D eigenvalue weighted by atomic mass is 19.1. The van der Waals surface area contributed by atoms with Crippen LogP contribution in [0.5, 0.6) is 11.5 Å². The Hall–Kier alpha value is -2.56. The van der Waals surface area contributed by atoms with Crippen molar-refractivity contribution >= 4 is 5.97 Å². The maximum absolute atomic E-state index is 13.6. The third-order valence-electron chi connectivity index (χ3n) is 2.83. The van der Waals surface area contributed by atoms with Crippen LogP contribution in [0.15, 0.2) is 36.4 Å². The van der Waals surface area contributed by atoms with Gasteiger partial charge < -0.3 is 14.6 Å². The molecular weight excluding hydrogens is 263 g/mol. The van der Waals surface area contributed by atoms with Gasteiger partial charge in [0, 0.05) is 0 Å². The second kappa shape index (κ2) is 5.61. The average molecular weight is 276 g/mol. The largest absolute Gasteiger partial charge is 0.504 e. The van der Waals surface area contributed by atoms with E-state index in [1.165, 1.54) is 32.4 Å². The van der Waals surface area contributed by atoms with Gasteiger partial charge in [-0.05, 0) is 41.5 Å². The quantitative estimate of drug-likeness (QED) is 0.876. The molecule has 2 aromatic carbocycles. The highest BCUT2D eigenvalue weighted by Gasteiger charge is 2.11. The predicted molar refractivity (Wildman–Crippen MR) is 71.4 cm³/mol. The summed E-state index contributed by atoms with van der Waals surface area (Å²) in [7, 11) is 2.67. The maximum Gasteiger partial charge on any atom is 0.337 e. The van der Waals surface area contributed by atoms with Gasteiger partial charge in [0.15, 0.2) is 11.5 Å². The number of rotatable bonds is 3. The fourth-order valence-corrected chi connectivity index (χ4v) is 1.86. The molecule has 0 atom stereocenters. The molecule has 0 saturated heterocycles. The van der Waals surface area contributed by atoms with Crippen LogP contribution in [0.2, 0.25) is 0 Å². The first-order valence-electron chi connectivity index (χ1n) is 5.81. The Kier molecular flexibility index (Phi) is 3.89. The van der Waals surface area contributed by atoms with Crippen LogP contribution in [0, 0.1) is 5.82 Å². The second-order valence-electron chi connectivity index (χ2n) is 4.11. The van der Waals surface area contributed by atoms with Crippen LogP contribution >= 0.6 is 0 Å². The lowest BCUT2D eigenvalue weighted by Gasteiger charge is -2.08. The van der Waals surface area contributed by atoms with Crippen LogP contribution in [0.25, 0.3) is 11.1 Å². The SMILES string of the molecule is COC(=O)c1cc(F)cc(-c2ccc(OC)c(O)c2)c1. The number of carbonyl (C=O) groups is 1. The summed E-state index contributed by atoms with van der Waals surface area (Å²) in [5.41, 5.74) is 1.13. The number of benzene rings is 2. The predicted octanol–water partition coefficient (Wildman–Crippen LogP) is 2.99. The van der Waals surface area contributed by atoms with Gasteiger partial charge in [0.1, 0.15) is 5.82 Å². The van der Waals surface area contributed by atoms with E-state index in [4.69, 9.17) is 4.74 Å². The molecule has 2 aromatic rings. The van der Waals surface area contributed by atoms with Crippen molar-refractivity contribution in [3.63, 3.8) is 0 Å². The molecule has 0 heterocycles. The molecule has 0 unspecified atom stereocenters. The van der Waals surface area contributed by atoms with Crippen LogP contribution in [0.3, 0.4) is 0 Å². The Morgan fingerprint density at radius 1 is 1.10 bits per heavy atom. The Labute approximate surface area is 115 Å². The molecule has 5 heteroatoms. The smallest absolute Gasteiger partial charge is 0.337 e. The zero-order valence-corrected chi connectivity index (χ0v) is 11.0. The molecule has 0 spiro atoms. The lowest BCUT2D eigenvalue weighted by Crippen LogP contribution is -2.02. The minimum absolute atomic E-state index is 0.0612. The fraction of sp³-hybridized carbons (Fsp3) is 0.133.